The number of rotatable bonds is 11. The van der Waals surface area contributed by atoms with E-state index < -0.39 is 5.41 Å². The van der Waals surface area contributed by atoms with Crippen LogP contribution in [-0.2, 0) is 31.1 Å². The molecule has 0 bridgehead atoms. The molecule has 0 fully saturated rings. The Kier molecular flexibility index (Phi) is 10.4. The summed E-state index contributed by atoms with van der Waals surface area (Å²) in [5.41, 5.74) is 21.4. The predicted octanol–water partition coefficient (Wildman–Crippen LogP) is 15.2. The summed E-state index contributed by atoms with van der Waals surface area (Å²) in [5.74, 6) is 0.612. The zero-order valence-corrected chi connectivity index (χ0v) is 35.6. The molecule has 0 amide bonds. The van der Waals surface area contributed by atoms with Gasteiger partial charge in [-0.15, -0.1) is 0 Å². The first-order valence-electron chi connectivity index (χ1n) is 22.6. The molecular weight excluding hydrogens is 757 g/mol. The summed E-state index contributed by atoms with van der Waals surface area (Å²) >= 11 is 0. The molecule has 9 aromatic carbocycles. The molecule has 0 N–H and O–H groups in total. The third-order valence-electron chi connectivity index (χ3n) is 13.8. The molecule has 0 spiro atoms. The van der Waals surface area contributed by atoms with Crippen molar-refractivity contribution < 1.29 is 0 Å². The Hall–Kier alpha value is -7.28. The summed E-state index contributed by atoms with van der Waals surface area (Å²) in [5, 5.41) is 0. The van der Waals surface area contributed by atoms with Crippen molar-refractivity contribution in [1.29, 1.82) is 0 Å². The van der Waals surface area contributed by atoms with Gasteiger partial charge in [-0.25, -0.2) is 0 Å². The van der Waals surface area contributed by atoms with Crippen LogP contribution < -0.4 is 0 Å². The van der Waals surface area contributed by atoms with Crippen molar-refractivity contribution in [3.63, 3.8) is 0 Å². The molecule has 9 aromatic rings. The van der Waals surface area contributed by atoms with E-state index in [1.165, 1.54) is 83.5 Å². The summed E-state index contributed by atoms with van der Waals surface area (Å²) in [6.45, 7) is 0. The van der Waals surface area contributed by atoms with E-state index in [2.05, 4.69) is 243 Å². The lowest BCUT2D eigenvalue weighted by atomic mass is 9.61. The summed E-state index contributed by atoms with van der Waals surface area (Å²) in [6, 6.07) is 90.7. The van der Waals surface area contributed by atoms with Gasteiger partial charge in [-0.1, -0.05) is 243 Å². The van der Waals surface area contributed by atoms with Crippen LogP contribution in [0.15, 0.2) is 248 Å². The first-order chi connectivity index (χ1) is 31.2. The molecule has 302 valence electrons. The third-order valence-corrected chi connectivity index (χ3v) is 13.8. The third kappa shape index (κ3) is 7.26. The minimum absolute atomic E-state index is 0.305. The van der Waals surface area contributed by atoms with E-state index in [-0.39, 0.29) is 0 Å². The highest BCUT2D eigenvalue weighted by molar-refractivity contribution is 5.95. The van der Waals surface area contributed by atoms with Crippen molar-refractivity contribution in [3.05, 3.63) is 304 Å². The van der Waals surface area contributed by atoms with Gasteiger partial charge in [-0.05, 0) is 127 Å². The van der Waals surface area contributed by atoms with Crippen molar-refractivity contribution in [2.45, 2.75) is 37.0 Å². The SMILES string of the molecule is c1ccc(-c2cccc(CC(Cc3ccc(CC4Cc5ccccc5C5=C4C(c4ccccc4)(c4ccccc4)c4ccccc45)cc3)c3cccc(-c4ccccc4)c3)c2)cc1. The highest BCUT2D eigenvalue weighted by Crippen LogP contribution is 2.60. The van der Waals surface area contributed by atoms with Gasteiger partial charge in [0.05, 0.1) is 5.41 Å². The summed E-state index contributed by atoms with van der Waals surface area (Å²) in [4.78, 5) is 0. The van der Waals surface area contributed by atoms with Gasteiger partial charge in [0.2, 0.25) is 0 Å². The Bertz CT molecular complexity index is 2990. The number of fused-ring (bicyclic) bond motifs is 4. The average molecular weight is 807 g/mol. The smallest absolute Gasteiger partial charge is 0.0622 e. The van der Waals surface area contributed by atoms with Gasteiger partial charge in [-0.3, -0.25) is 0 Å². The Morgan fingerprint density at radius 2 is 0.905 bits per heavy atom. The zero-order valence-electron chi connectivity index (χ0n) is 35.6. The van der Waals surface area contributed by atoms with Gasteiger partial charge >= 0.3 is 0 Å². The topological polar surface area (TPSA) is 0 Å². The molecule has 63 heavy (non-hydrogen) atoms. The lowest BCUT2D eigenvalue weighted by molar-refractivity contribution is 0.529. The maximum atomic E-state index is 2.43. The summed E-state index contributed by atoms with van der Waals surface area (Å²) < 4.78 is 0. The standard InChI is InChI=1S/C63H50/c1-5-20-48(21-6-1)50-25-17-19-47(41-50)42-54(52-27-18-26-51(43-52)49-22-7-2-8-23-49)39-45-35-37-46(38-36-45)40-55-44-53-24-13-14-32-58(53)61-59-33-15-16-34-60(59)63(62(55)61,56-28-9-3-10-29-56)57-30-11-4-12-31-57/h1-38,41,43,54-55H,39-40,42,44H2. The number of allylic oxidation sites excluding steroid dienone is 1. The van der Waals surface area contributed by atoms with Crippen molar-refractivity contribution in [3.8, 4) is 22.3 Å². The predicted molar refractivity (Wildman–Crippen MR) is 263 cm³/mol. The van der Waals surface area contributed by atoms with Crippen LogP contribution in [0.5, 0.6) is 0 Å². The summed E-state index contributed by atoms with van der Waals surface area (Å²) in [7, 11) is 0. The van der Waals surface area contributed by atoms with E-state index in [1.807, 2.05) is 0 Å². The highest BCUT2D eigenvalue weighted by Gasteiger charge is 2.51. The molecule has 0 heterocycles. The number of hydrogen-bond donors (Lipinski definition) is 0. The van der Waals surface area contributed by atoms with E-state index in [9.17, 15) is 0 Å². The number of hydrogen-bond acceptors (Lipinski definition) is 0. The van der Waals surface area contributed by atoms with Gasteiger partial charge in [0.15, 0.2) is 0 Å². The van der Waals surface area contributed by atoms with Gasteiger partial charge in [0.25, 0.3) is 0 Å². The van der Waals surface area contributed by atoms with Crippen LogP contribution in [0.3, 0.4) is 0 Å². The molecule has 0 heteroatoms. The van der Waals surface area contributed by atoms with Crippen LogP contribution in [0, 0.1) is 5.92 Å². The van der Waals surface area contributed by atoms with Crippen LogP contribution in [0.4, 0.5) is 0 Å². The molecule has 0 nitrogen and oxygen atoms in total. The Morgan fingerprint density at radius 3 is 1.57 bits per heavy atom. The second-order valence-electron chi connectivity index (χ2n) is 17.6. The van der Waals surface area contributed by atoms with Crippen LogP contribution >= 0.6 is 0 Å². The molecule has 0 saturated carbocycles. The summed E-state index contributed by atoms with van der Waals surface area (Å²) in [6.07, 6.45) is 3.90. The second-order valence-corrected chi connectivity index (χ2v) is 17.6. The quantitative estimate of drug-likeness (QED) is 0.122. The van der Waals surface area contributed by atoms with Crippen molar-refractivity contribution in [2.24, 2.45) is 5.92 Å². The molecule has 0 aliphatic heterocycles. The minimum atomic E-state index is -0.397. The van der Waals surface area contributed by atoms with E-state index in [4.69, 9.17) is 0 Å². The van der Waals surface area contributed by atoms with Crippen molar-refractivity contribution in [2.75, 3.05) is 0 Å². The molecule has 2 unspecified atom stereocenters. The van der Waals surface area contributed by atoms with E-state index in [1.54, 1.807) is 5.57 Å². The minimum Gasteiger partial charge on any atom is -0.0622 e. The highest BCUT2D eigenvalue weighted by atomic mass is 14.5. The lowest BCUT2D eigenvalue weighted by Gasteiger charge is -2.41. The van der Waals surface area contributed by atoms with Crippen LogP contribution in [0.25, 0.3) is 27.8 Å². The molecule has 2 aliphatic rings. The number of benzene rings is 9. The maximum Gasteiger partial charge on any atom is 0.0679 e. The van der Waals surface area contributed by atoms with Gasteiger partial charge < -0.3 is 0 Å². The maximum absolute atomic E-state index is 2.43. The lowest BCUT2D eigenvalue weighted by Crippen LogP contribution is -2.35. The van der Waals surface area contributed by atoms with Crippen molar-refractivity contribution >= 4 is 5.57 Å². The average Bonchev–Trinajstić information content (AvgIpc) is 3.68. The zero-order chi connectivity index (χ0) is 42.0. The largest absolute Gasteiger partial charge is 0.0679 e. The Labute approximate surface area is 372 Å². The molecule has 11 rings (SSSR count). The molecule has 0 saturated heterocycles. The first kappa shape index (κ1) is 38.6. The van der Waals surface area contributed by atoms with E-state index >= 15 is 0 Å². The monoisotopic (exact) mass is 806 g/mol. The van der Waals surface area contributed by atoms with Crippen LogP contribution in [0.1, 0.15) is 61.6 Å². The molecule has 2 aliphatic carbocycles. The van der Waals surface area contributed by atoms with Gasteiger partial charge in [0, 0.05) is 0 Å². The van der Waals surface area contributed by atoms with Crippen LogP contribution in [0.2, 0.25) is 0 Å². The fourth-order valence-electron chi connectivity index (χ4n) is 11.0. The Balaban J connectivity index is 0.959. The fourth-order valence-corrected chi connectivity index (χ4v) is 11.0. The van der Waals surface area contributed by atoms with Crippen molar-refractivity contribution in [1.82, 2.24) is 0 Å². The van der Waals surface area contributed by atoms with E-state index in [0.717, 1.165) is 25.7 Å². The first-order valence-corrected chi connectivity index (χ1v) is 22.6. The molecular formula is C63H50. The van der Waals surface area contributed by atoms with Gasteiger partial charge in [-0.2, -0.15) is 0 Å². The van der Waals surface area contributed by atoms with E-state index in [0.29, 0.717) is 11.8 Å². The molecule has 0 aromatic heterocycles. The fraction of sp³-hybridized carbons (Fsp3) is 0.111. The van der Waals surface area contributed by atoms with Crippen LogP contribution in [-0.4, -0.2) is 0 Å². The Morgan fingerprint density at radius 1 is 0.397 bits per heavy atom. The normalized spacial score (nSPS) is 15.3. The molecule has 0 radical (unpaired) electrons. The van der Waals surface area contributed by atoms with Gasteiger partial charge in [0.1, 0.15) is 0 Å². The molecule has 2 atom stereocenters. The second kappa shape index (κ2) is 16.9.